The summed E-state index contributed by atoms with van der Waals surface area (Å²) < 4.78 is 57.7. The van der Waals surface area contributed by atoms with Gasteiger partial charge in [0.2, 0.25) is 15.2 Å². The molecule has 11 nitrogen and oxygen atoms in total. The number of sulfonamides is 1. The molecule has 0 amide bonds. The van der Waals surface area contributed by atoms with E-state index in [0.717, 1.165) is 0 Å². The Balaban J connectivity index is 0.000000423. The van der Waals surface area contributed by atoms with Gasteiger partial charge in [0.15, 0.2) is 0 Å². The molecule has 0 unspecified atom stereocenters. The van der Waals surface area contributed by atoms with Crippen molar-refractivity contribution in [3.8, 4) is 0 Å². The minimum absolute atomic E-state index is 0.163. The minimum atomic E-state index is -5.08. The normalized spacial score (nSPS) is 11.2. The van der Waals surface area contributed by atoms with Crippen molar-refractivity contribution in [2.24, 2.45) is 0 Å². The van der Waals surface area contributed by atoms with E-state index < -0.39 is 22.2 Å². The molecule has 0 aliphatic heterocycles. The quantitative estimate of drug-likeness (QED) is 0.415. The second-order valence-electron chi connectivity index (χ2n) is 5.32. The molecule has 0 fully saturated rings. The number of carboxylic acids is 1. The number of anilines is 4. The van der Waals surface area contributed by atoms with Crippen molar-refractivity contribution in [1.82, 2.24) is 24.9 Å². The van der Waals surface area contributed by atoms with E-state index in [1.54, 1.807) is 23.7 Å². The Bertz CT molecular complexity index is 1130. The van der Waals surface area contributed by atoms with E-state index in [0.29, 0.717) is 22.5 Å². The van der Waals surface area contributed by atoms with Crippen LogP contribution in [0, 0.1) is 0 Å². The number of nitrogens with zero attached hydrogens (tertiary/aromatic N) is 4. The van der Waals surface area contributed by atoms with Crippen molar-refractivity contribution >= 4 is 49.8 Å². The second-order valence-corrected chi connectivity index (χ2v) is 8.04. The molecular formula is C15H14F3N7O4S2. The number of hydrogen-bond donors (Lipinski definition) is 4. The zero-order valence-corrected chi connectivity index (χ0v) is 17.1. The van der Waals surface area contributed by atoms with Gasteiger partial charge in [-0.25, -0.2) is 27.9 Å². The van der Waals surface area contributed by atoms with Crippen LogP contribution in [0.2, 0.25) is 0 Å². The molecule has 0 bridgehead atoms. The largest absolute Gasteiger partial charge is 0.490 e. The van der Waals surface area contributed by atoms with Gasteiger partial charge in [0.05, 0.1) is 4.90 Å². The Kier molecular flexibility index (Phi) is 7.78. The van der Waals surface area contributed by atoms with E-state index >= 15 is 0 Å². The van der Waals surface area contributed by atoms with Crippen molar-refractivity contribution in [1.29, 1.82) is 0 Å². The number of hydrogen-bond acceptors (Lipinski definition) is 10. The highest BCUT2D eigenvalue weighted by Crippen LogP contribution is 2.21. The number of aliphatic carboxylic acids is 1. The van der Waals surface area contributed by atoms with Gasteiger partial charge in [-0.15, -0.1) is 10.2 Å². The van der Waals surface area contributed by atoms with Gasteiger partial charge in [-0.3, -0.25) is 0 Å². The summed E-state index contributed by atoms with van der Waals surface area (Å²) in [5.41, 5.74) is 2.20. The van der Waals surface area contributed by atoms with Gasteiger partial charge in [0.1, 0.15) is 23.5 Å². The fraction of sp³-hybridized carbons (Fsp3) is 0.133. The Morgan fingerprint density at radius 2 is 1.77 bits per heavy atom. The molecular weight excluding hydrogens is 463 g/mol. The van der Waals surface area contributed by atoms with Gasteiger partial charge in [0.25, 0.3) is 0 Å². The van der Waals surface area contributed by atoms with E-state index in [2.05, 4.69) is 35.5 Å². The first-order chi connectivity index (χ1) is 14.5. The fourth-order valence-electron chi connectivity index (χ4n) is 1.84. The van der Waals surface area contributed by atoms with Crippen molar-refractivity contribution in [3.63, 3.8) is 0 Å². The number of carboxylic acid groups (broad SMARTS) is 1. The van der Waals surface area contributed by atoms with Crippen LogP contribution in [0.25, 0.3) is 0 Å². The highest BCUT2D eigenvalue weighted by Gasteiger charge is 2.38. The molecule has 0 saturated heterocycles. The summed E-state index contributed by atoms with van der Waals surface area (Å²) in [6, 6.07) is 8.11. The Hall–Kier alpha value is -3.37. The third kappa shape index (κ3) is 7.43. The van der Waals surface area contributed by atoms with Crippen molar-refractivity contribution in [3.05, 3.63) is 42.2 Å². The molecule has 3 aromatic rings. The predicted molar refractivity (Wildman–Crippen MR) is 105 cm³/mol. The Morgan fingerprint density at radius 3 is 2.32 bits per heavy atom. The predicted octanol–water partition coefficient (Wildman–Crippen LogP) is 2.36. The van der Waals surface area contributed by atoms with E-state index in [4.69, 9.17) is 9.90 Å². The lowest BCUT2D eigenvalue weighted by Gasteiger charge is -2.09. The van der Waals surface area contributed by atoms with Gasteiger partial charge in [-0.1, -0.05) is 17.4 Å². The first kappa shape index (κ1) is 23.9. The lowest BCUT2D eigenvalue weighted by atomic mass is 10.3. The van der Waals surface area contributed by atoms with Crippen molar-refractivity contribution in [2.45, 2.75) is 11.1 Å². The molecule has 0 aliphatic carbocycles. The second kappa shape index (κ2) is 10.1. The number of carbonyl (C=O) groups is 1. The molecule has 3 rings (SSSR count). The van der Waals surface area contributed by atoms with Crippen molar-refractivity contribution < 1.29 is 31.5 Å². The molecule has 31 heavy (non-hydrogen) atoms. The average Bonchev–Trinajstić information content (AvgIpc) is 3.21. The molecule has 2 aromatic heterocycles. The summed E-state index contributed by atoms with van der Waals surface area (Å²) in [7, 11) is -2.14. The SMILES string of the molecule is CNS(=O)(=O)c1cccc(Nc2cc(Nc3nncs3)ncn2)c1.O=C(O)C(F)(F)F. The monoisotopic (exact) mass is 477 g/mol. The summed E-state index contributed by atoms with van der Waals surface area (Å²) in [6.45, 7) is 0. The van der Waals surface area contributed by atoms with Crippen LogP contribution < -0.4 is 15.4 Å². The van der Waals surface area contributed by atoms with Crippen LogP contribution in [0.1, 0.15) is 0 Å². The van der Waals surface area contributed by atoms with Gasteiger partial charge in [-0.05, 0) is 25.2 Å². The fourth-order valence-corrected chi connectivity index (χ4v) is 3.07. The van der Waals surface area contributed by atoms with Crippen LogP contribution in [0.3, 0.4) is 0 Å². The van der Waals surface area contributed by atoms with Crippen LogP contribution in [0.5, 0.6) is 0 Å². The molecule has 1 aromatic carbocycles. The first-order valence-electron chi connectivity index (χ1n) is 7.97. The Morgan fingerprint density at radius 1 is 1.13 bits per heavy atom. The number of halogens is 3. The van der Waals surface area contributed by atoms with E-state index in [1.165, 1.54) is 36.8 Å². The summed E-state index contributed by atoms with van der Waals surface area (Å²) in [4.78, 5) is 17.3. The molecule has 0 aliphatic rings. The van der Waals surface area contributed by atoms with E-state index in [1.807, 2.05) is 0 Å². The van der Waals surface area contributed by atoms with Gasteiger partial charge in [0, 0.05) is 11.8 Å². The average molecular weight is 477 g/mol. The zero-order chi connectivity index (χ0) is 23.1. The van der Waals surface area contributed by atoms with Crippen LogP contribution in [0.15, 0.2) is 47.1 Å². The van der Waals surface area contributed by atoms with Crippen LogP contribution in [0.4, 0.5) is 35.6 Å². The lowest BCUT2D eigenvalue weighted by molar-refractivity contribution is -0.192. The highest BCUT2D eigenvalue weighted by molar-refractivity contribution is 7.89. The third-order valence-electron chi connectivity index (χ3n) is 3.19. The highest BCUT2D eigenvalue weighted by atomic mass is 32.2. The van der Waals surface area contributed by atoms with E-state index in [-0.39, 0.29) is 4.90 Å². The lowest BCUT2D eigenvalue weighted by Crippen LogP contribution is -2.21. The van der Waals surface area contributed by atoms with Gasteiger partial charge < -0.3 is 15.7 Å². The summed E-state index contributed by atoms with van der Waals surface area (Å²) in [5.74, 6) is -1.70. The molecule has 0 atom stereocenters. The number of aromatic nitrogens is 4. The number of alkyl halides is 3. The summed E-state index contributed by atoms with van der Waals surface area (Å²) in [6.07, 6.45) is -3.69. The maximum Gasteiger partial charge on any atom is 0.490 e. The molecule has 4 N–H and O–H groups in total. The van der Waals surface area contributed by atoms with Crippen LogP contribution >= 0.6 is 11.3 Å². The molecule has 2 heterocycles. The maximum absolute atomic E-state index is 11.9. The van der Waals surface area contributed by atoms with Gasteiger partial charge in [-0.2, -0.15) is 13.2 Å². The Labute approximate surface area is 177 Å². The molecule has 16 heteroatoms. The van der Waals surface area contributed by atoms with Crippen LogP contribution in [-0.4, -0.2) is 52.9 Å². The number of benzene rings is 1. The molecule has 0 spiro atoms. The molecule has 0 radical (unpaired) electrons. The van der Waals surface area contributed by atoms with Crippen molar-refractivity contribution in [2.75, 3.05) is 17.7 Å². The minimum Gasteiger partial charge on any atom is -0.475 e. The molecule has 0 saturated carbocycles. The zero-order valence-electron chi connectivity index (χ0n) is 15.5. The maximum atomic E-state index is 11.9. The van der Waals surface area contributed by atoms with Gasteiger partial charge >= 0.3 is 12.1 Å². The molecule has 166 valence electrons. The number of rotatable bonds is 6. The number of nitrogens with one attached hydrogen (secondary N) is 3. The summed E-state index contributed by atoms with van der Waals surface area (Å²) >= 11 is 1.35. The first-order valence-corrected chi connectivity index (χ1v) is 10.3. The van der Waals surface area contributed by atoms with E-state index in [9.17, 15) is 21.6 Å². The topological polar surface area (TPSA) is 159 Å². The standard InChI is InChI=1S/C13H13N7O2S2.C2HF3O2/c1-14-24(21,22)10-4-2-3-9(5-10)18-11-6-12(16-7-15-11)19-13-20-17-8-23-13;3-2(4,5)1(6)7/h2-8,14H,1H3,(H2,15,16,18,19,20);(H,6,7). The summed E-state index contributed by atoms with van der Waals surface area (Å²) in [5, 5.41) is 21.4. The van der Waals surface area contributed by atoms with Crippen LogP contribution in [-0.2, 0) is 14.8 Å². The smallest absolute Gasteiger partial charge is 0.475 e. The third-order valence-corrected chi connectivity index (χ3v) is 5.21.